The molecule has 0 saturated heterocycles. The number of amides is 2. The van der Waals surface area contributed by atoms with Gasteiger partial charge in [-0.1, -0.05) is 89.8 Å². The Kier molecular flexibility index (Phi) is 20.2. The van der Waals surface area contributed by atoms with Crippen molar-refractivity contribution in [3.63, 3.8) is 0 Å². The summed E-state index contributed by atoms with van der Waals surface area (Å²) in [4.78, 5) is 40.8. The Morgan fingerprint density at radius 3 is 2.06 bits per heavy atom. The van der Waals surface area contributed by atoms with Crippen LogP contribution in [0.4, 0.5) is 0 Å². The number of hydrogen-bond donors (Lipinski definition) is 2. The Bertz CT molecular complexity index is 1190. The van der Waals surface area contributed by atoms with E-state index in [4.69, 9.17) is 4.74 Å². The fourth-order valence-corrected chi connectivity index (χ4v) is 7.38. The minimum Gasteiger partial charge on any atom is -0.426 e. The van der Waals surface area contributed by atoms with Crippen LogP contribution in [0.2, 0.25) is 0 Å². The van der Waals surface area contributed by atoms with Gasteiger partial charge in [0.1, 0.15) is 5.75 Å². The smallest absolute Gasteiger partial charge is 0.312 e. The Hall–Kier alpha value is -2.71. The summed E-state index contributed by atoms with van der Waals surface area (Å²) in [6.45, 7) is 7.70. The van der Waals surface area contributed by atoms with E-state index in [1.807, 2.05) is 23.5 Å². The number of nitrogens with one attached hydrogen (secondary N) is 2. The molecule has 1 aliphatic rings. The van der Waals surface area contributed by atoms with E-state index in [0.717, 1.165) is 96.7 Å². The van der Waals surface area contributed by atoms with E-state index in [-0.39, 0.29) is 24.2 Å². The monoisotopic (exact) mass is 681 g/mol. The zero-order valence-electron chi connectivity index (χ0n) is 30.0. The Morgan fingerprint density at radius 2 is 1.44 bits per heavy atom. The number of hydrogen-bond acceptors (Lipinski definition) is 6. The maximum Gasteiger partial charge on any atom is 0.312 e. The van der Waals surface area contributed by atoms with Crippen LogP contribution in [-0.4, -0.2) is 54.9 Å². The predicted molar refractivity (Wildman–Crippen MR) is 199 cm³/mol. The number of nitrogens with zero attached hydrogens (tertiary/aromatic N) is 1. The number of ether oxygens (including phenoxy) is 1. The van der Waals surface area contributed by atoms with Crippen molar-refractivity contribution in [3.05, 3.63) is 51.7 Å². The molecule has 0 radical (unpaired) electrons. The summed E-state index contributed by atoms with van der Waals surface area (Å²) in [5.41, 5.74) is 2.46. The summed E-state index contributed by atoms with van der Waals surface area (Å²) in [6.07, 6.45) is 20.1. The maximum atomic E-state index is 12.7. The third kappa shape index (κ3) is 16.1. The third-order valence-electron chi connectivity index (χ3n) is 9.45. The first-order valence-electron chi connectivity index (χ1n) is 19.1. The molecule has 8 heteroatoms. The van der Waals surface area contributed by atoms with Crippen LogP contribution < -0.4 is 15.4 Å². The molecule has 2 N–H and O–H groups in total. The van der Waals surface area contributed by atoms with Gasteiger partial charge in [0, 0.05) is 43.4 Å². The molecule has 2 aromatic rings. The molecule has 48 heavy (non-hydrogen) atoms. The molecule has 0 bridgehead atoms. The van der Waals surface area contributed by atoms with Crippen LogP contribution in [0.25, 0.3) is 0 Å². The van der Waals surface area contributed by atoms with Crippen molar-refractivity contribution in [2.75, 3.05) is 26.2 Å². The molecule has 0 saturated carbocycles. The van der Waals surface area contributed by atoms with Crippen LogP contribution in [0.1, 0.15) is 139 Å². The van der Waals surface area contributed by atoms with Crippen LogP contribution in [0.5, 0.6) is 5.75 Å². The fraction of sp³-hybridized carbons (Fsp3) is 0.675. The van der Waals surface area contributed by atoms with Crippen LogP contribution in [0.3, 0.4) is 0 Å². The SMILES string of the molecule is CCCCNC(=O)CCCCCCCCCCCCC(=O)NCCC(=O)Oc1cccc2c1CC[C@H](N(CCC)CCc1cccs1)C2. The number of esters is 1. The Labute approximate surface area is 295 Å². The van der Waals surface area contributed by atoms with Crippen molar-refractivity contribution in [2.24, 2.45) is 0 Å². The standard InChI is InChI=1S/C40H63N3O4S/c1-3-5-27-41-38(44)21-14-12-10-8-6-7-9-11-13-15-22-39(45)42-28-25-40(46)47-37-20-16-18-33-32-34(23-24-36(33)37)43(29-4-2)30-26-35-19-17-31-48-35/h16-20,31,34H,3-15,21-30,32H2,1-2H3,(H,41,44)(H,42,45)/t34-/m0/s1. The van der Waals surface area contributed by atoms with Crippen LogP contribution in [0.15, 0.2) is 35.7 Å². The molecular formula is C40H63N3O4S. The molecule has 2 amide bonds. The average Bonchev–Trinajstić information content (AvgIpc) is 3.61. The van der Waals surface area contributed by atoms with E-state index in [1.165, 1.54) is 48.1 Å². The van der Waals surface area contributed by atoms with E-state index < -0.39 is 0 Å². The lowest BCUT2D eigenvalue weighted by molar-refractivity contribution is -0.134. The van der Waals surface area contributed by atoms with E-state index in [1.54, 1.807) is 0 Å². The number of fused-ring (bicyclic) bond motifs is 1. The topological polar surface area (TPSA) is 87.7 Å². The van der Waals surface area contributed by atoms with Gasteiger partial charge in [-0.2, -0.15) is 0 Å². The first kappa shape index (κ1) is 39.7. The second-order valence-corrected chi connectivity index (χ2v) is 14.5. The van der Waals surface area contributed by atoms with Gasteiger partial charge >= 0.3 is 5.97 Å². The van der Waals surface area contributed by atoms with Gasteiger partial charge in [-0.05, 0) is 86.6 Å². The summed E-state index contributed by atoms with van der Waals surface area (Å²) < 4.78 is 5.81. The number of rotatable bonds is 26. The highest BCUT2D eigenvalue weighted by atomic mass is 32.1. The highest BCUT2D eigenvalue weighted by molar-refractivity contribution is 7.09. The van der Waals surface area contributed by atoms with Crippen LogP contribution >= 0.6 is 11.3 Å². The van der Waals surface area contributed by atoms with Gasteiger partial charge in [0.2, 0.25) is 11.8 Å². The molecule has 3 rings (SSSR count). The molecule has 0 fully saturated rings. The van der Waals surface area contributed by atoms with Gasteiger partial charge in [0.15, 0.2) is 0 Å². The molecule has 1 aromatic heterocycles. The lowest BCUT2D eigenvalue weighted by Gasteiger charge is -2.35. The van der Waals surface area contributed by atoms with Crippen molar-refractivity contribution in [3.8, 4) is 5.75 Å². The normalized spacial score (nSPS) is 14.1. The predicted octanol–water partition coefficient (Wildman–Crippen LogP) is 8.57. The first-order valence-corrected chi connectivity index (χ1v) is 20.0. The number of thiophene rings is 1. The molecule has 0 spiro atoms. The molecular weight excluding hydrogens is 619 g/mol. The Balaban J connectivity index is 1.21. The molecule has 1 aliphatic carbocycles. The van der Waals surface area contributed by atoms with Crippen LogP contribution in [-0.2, 0) is 33.6 Å². The average molecular weight is 682 g/mol. The van der Waals surface area contributed by atoms with Gasteiger partial charge in [0.25, 0.3) is 0 Å². The summed E-state index contributed by atoms with van der Waals surface area (Å²) in [7, 11) is 0. The van der Waals surface area contributed by atoms with Gasteiger partial charge in [0.05, 0.1) is 6.42 Å². The fourth-order valence-electron chi connectivity index (χ4n) is 6.68. The molecule has 1 atom stereocenters. The third-order valence-corrected chi connectivity index (χ3v) is 10.4. The number of benzene rings is 1. The Morgan fingerprint density at radius 1 is 0.771 bits per heavy atom. The van der Waals surface area contributed by atoms with Crippen molar-refractivity contribution in [1.29, 1.82) is 0 Å². The maximum absolute atomic E-state index is 12.7. The number of carbonyl (C=O) groups is 3. The molecule has 1 heterocycles. The summed E-state index contributed by atoms with van der Waals surface area (Å²) in [5, 5.41) is 8.04. The van der Waals surface area contributed by atoms with Crippen molar-refractivity contribution < 1.29 is 19.1 Å². The molecule has 1 aromatic carbocycles. The highest BCUT2D eigenvalue weighted by Crippen LogP contribution is 2.32. The zero-order chi connectivity index (χ0) is 34.2. The molecule has 268 valence electrons. The second-order valence-electron chi connectivity index (χ2n) is 13.5. The molecule has 0 aliphatic heterocycles. The second kappa shape index (κ2) is 24.4. The van der Waals surface area contributed by atoms with Crippen LogP contribution in [0, 0.1) is 0 Å². The first-order chi connectivity index (χ1) is 23.5. The van der Waals surface area contributed by atoms with E-state index in [0.29, 0.717) is 31.2 Å². The van der Waals surface area contributed by atoms with Crippen molar-refractivity contribution in [2.45, 2.75) is 148 Å². The minimum atomic E-state index is -0.290. The lowest BCUT2D eigenvalue weighted by Crippen LogP contribution is -2.41. The quantitative estimate of drug-likeness (QED) is 0.0590. The van der Waals surface area contributed by atoms with Crippen molar-refractivity contribution in [1.82, 2.24) is 15.5 Å². The summed E-state index contributed by atoms with van der Waals surface area (Å²) in [5.74, 6) is 0.609. The molecule has 7 nitrogen and oxygen atoms in total. The zero-order valence-corrected chi connectivity index (χ0v) is 30.8. The highest BCUT2D eigenvalue weighted by Gasteiger charge is 2.26. The van der Waals surface area contributed by atoms with Gasteiger partial charge in [-0.3, -0.25) is 19.3 Å². The summed E-state index contributed by atoms with van der Waals surface area (Å²) in [6, 6.07) is 11.0. The molecule has 0 unspecified atom stereocenters. The minimum absolute atomic E-state index is 0.0145. The van der Waals surface area contributed by atoms with Gasteiger partial charge in [-0.15, -0.1) is 11.3 Å². The van der Waals surface area contributed by atoms with Gasteiger partial charge < -0.3 is 15.4 Å². The number of carbonyl (C=O) groups excluding carboxylic acids is 3. The number of unbranched alkanes of at least 4 members (excludes halogenated alkanes) is 10. The van der Waals surface area contributed by atoms with Crippen molar-refractivity contribution >= 4 is 29.1 Å². The van der Waals surface area contributed by atoms with E-state index in [2.05, 4.69) is 53.0 Å². The summed E-state index contributed by atoms with van der Waals surface area (Å²) >= 11 is 1.84. The van der Waals surface area contributed by atoms with Gasteiger partial charge in [-0.25, -0.2) is 0 Å². The van der Waals surface area contributed by atoms with E-state index >= 15 is 0 Å². The van der Waals surface area contributed by atoms with E-state index in [9.17, 15) is 14.4 Å². The lowest BCUT2D eigenvalue weighted by atomic mass is 9.86. The largest absolute Gasteiger partial charge is 0.426 e.